The fourth-order valence-electron chi connectivity index (χ4n) is 4.55. The Labute approximate surface area is 254 Å². The number of fused-ring (bicyclic) bond motifs is 3. The summed E-state index contributed by atoms with van der Waals surface area (Å²) in [7, 11) is 0. The Balaban J connectivity index is 0.000000143. The molecule has 0 aliphatic heterocycles. The predicted octanol–water partition coefficient (Wildman–Crippen LogP) is 7.08. The number of benzene rings is 6. The maximum atomic E-state index is 10.4. The summed E-state index contributed by atoms with van der Waals surface area (Å²) in [4.78, 5) is 15.0. The third-order valence-electron chi connectivity index (χ3n) is 7.02. The van der Waals surface area contributed by atoms with Crippen LogP contribution in [0.3, 0.4) is 0 Å². The van der Waals surface area contributed by atoms with E-state index < -0.39 is 5.97 Å². The third-order valence-corrected chi connectivity index (χ3v) is 7.02. The first-order valence-corrected chi connectivity index (χ1v) is 13.9. The molecule has 0 aliphatic carbocycles. The molecule has 6 aromatic carbocycles. The number of aromatic hydroxyl groups is 1. The van der Waals surface area contributed by atoms with Gasteiger partial charge >= 0.3 is 5.97 Å². The van der Waals surface area contributed by atoms with Crippen LogP contribution in [0.1, 0.15) is 21.5 Å². The zero-order valence-corrected chi connectivity index (χ0v) is 23.9. The van der Waals surface area contributed by atoms with Gasteiger partial charge in [-0.15, -0.1) is 0 Å². The molecule has 7 aromatic rings. The number of oxazole rings is 1. The van der Waals surface area contributed by atoms with Crippen molar-refractivity contribution in [2.45, 2.75) is 13.1 Å². The summed E-state index contributed by atoms with van der Waals surface area (Å²) < 4.78 is 5.89. The molecule has 1 aromatic heterocycles. The van der Waals surface area contributed by atoms with E-state index in [1.165, 1.54) is 5.39 Å². The van der Waals surface area contributed by atoms with Gasteiger partial charge in [0.1, 0.15) is 11.3 Å². The number of rotatable bonds is 4. The Morgan fingerprint density at radius 1 is 0.682 bits per heavy atom. The average Bonchev–Trinajstić information content (AvgIpc) is 3.47. The second-order valence-electron chi connectivity index (χ2n) is 10.1. The molecule has 1 heterocycles. The van der Waals surface area contributed by atoms with Crippen LogP contribution in [0, 0.1) is 0 Å². The average molecular weight is 585 g/mol. The standard InChI is InChI=1S/C18H14N2O.C10H9NO.C8H9NO2/c19-11-12-5-7-13(8-6-12)18-20-16-9-14-3-1-2-4-15(14)10-17(16)21-18;11-9-5-7-3-1-2-4-8(7)6-10(9)12;9-5-6-1-3-7(4-2-6)8(10)11/h1-10H,11,19H2;1-6,12H,11H2;1-4H,5,9H2,(H,10,11). The molecule has 0 saturated heterocycles. The van der Waals surface area contributed by atoms with Crippen LogP contribution in [0.15, 0.2) is 126 Å². The van der Waals surface area contributed by atoms with Gasteiger partial charge in [-0.1, -0.05) is 72.8 Å². The molecule has 0 unspecified atom stereocenters. The molecular weight excluding hydrogens is 552 g/mol. The van der Waals surface area contributed by atoms with Crippen molar-refractivity contribution in [3.8, 4) is 17.2 Å². The summed E-state index contributed by atoms with van der Waals surface area (Å²) in [6.45, 7) is 0.985. The summed E-state index contributed by atoms with van der Waals surface area (Å²) in [6, 6.07) is 38.0. The number of aromatic carboxylic acids is 1. The monoisotopic (exact) mass is 584 g/mol. The van der Waals surface area contributed by atoms with E-state index in [0.29, 0.717) is 30.2 Å². The summed E-state index contributed by atoms with van der Waals surface area (Å²) in [5.74, 6) is -0.119. The lowest BCUT2D eigenvalue weighted by molar-refractivity contribution is 0.0697. The number of nitrogen functional groups attached to an aromatic ring is 1. The van der Waals surface area contributed by atoms with Gasteiger partial charge in [0.05, 0.1) is 11.3 Å². The Morgan fingerprint density at radius 3 is 1.73 bits per heavy atom. The van der Waals surface area contributed by atoms with Crippen molar-refractivity contribution in [1.29, 1.82) is 0 Å². The van der Waals surface area contributed by atoms with Crippen LogP contribution in [-0.4, -0.2) is 21.2 Å². The maximum Gasteiger partial charge on any atom is 0.335 e. The first-order valence-electron chi connectivity index (χ1n) is 13.9. The molecule has 7 rings (SSSR count). The minimum Gasteiger partial charge on any atom is -0.506 e. The third kappa shape index (κ3) is 7.01. The molecule has 0 bridgehead atoms. The van der Waals surface area contributed by atoms with Gasteiger partial charge in [0.25, 0.3) is 0 Å². The molecule has 8 nitrogen and oxygen atoms in total. The minimum atomic E-state index is -0.909. The van der Waals surface area contributed by atoms with Crippen molar-refractivity contribution in [2.24, 2.45) is 11.5 Å². The first-order chi connectivity index (χ1) is 21.3. The molecule has 0 radical (unpaired) electrons. The number of hydrogen-bond donors (Lipinski definition) is 5. The highest BCUT2D eigenvalue weighted by atomic mass is 16.4. The smallest absolute Gasteiger partial charge is 0.335 e. The van der Waals surface area contributed by atoms with Gasteiger partial charge in [-0.3, -0.25) is 0 Å². The van der Waals surface area contributed by atoms with Crippen molar-refractivity contribution in [3.63, 3.8) is 0 Å². The first kappa shape index (κ1) is 29.8. The molecule has 220 valence electrons. The molecule has 0 amide bonds. The number of phenols is 1. The number of carboxylic acids is 1. The number of nitrogens with two attached hydrogens (primary N) is 3. The highest BCUT2D eigenvalue weighted by molar-refractivity contribution is 5.95. The number of carboxylic acid groups (broad SMARTS) is 1. The minimum absolute atomic E-state index is 0.147. The van der Waals surface area contributed by atoms with Gasteiger partial charge in [0.2, 0.25) is 5.89 Å². The normalized spacial score (nSPS) is 10.6. The van der Waals surface area contributed by atoms with E-state index in [4.69, 9.17) is 26.7 Å². The van der Waals surface area contributed by atoms with Crippen LogP contribution >= 0.6 is 0 Å². The second kappa shape index (κ2) is 13.5. The van der Waals surface area contributed by atoms with Gasteiger partial charge in [0, 0.05) is 18.7 Å². The lowest BCUT2D eigenvalue weighted by Gasteiger charge is -2.01. The van der Waals surface area contributed by atoms with E-state index in [9.17, 15) is 9.90 Å². The van der Waals surface area contributed by atoms with Gasteiger partial charge in [0.15, 0.2) is 5.58 Å². The number of carbonyl (C=O) groups is 1. The fourth-order valence-corrected chi connectivity index (χ4v) is 4.55. The zero-order valence-electron chi connectivity index (χ0n) is 23.9. The SMILES string of the molecule is NCc1ccc(-c2nc3cc4ccccc4cc3o2)cc1.NCc1ccc(C(=O)O)cc1.Nc1cc2ccccc2cc1O. The lowest BCUT2D eigenvalue weighted by Crippen LogP contribution is -1.99. The Hall–Kier alpha value is -5.70. The Bertz CT molecular complexity index is 1940. The number of nitrogens with zero attached hydrogens (tertiary/aromatic N) is 1. The van der Waals surface area contributed by atoms with Crippen LogP contribution in [0.4, 0.5) is 5.69 Å². The van der Waals surface area contributed by atoms with Crippen molar-refractivity contribution in [1.82, 2.24) is 4.98 Å². The van der Waals surface area contributed by atoms with E-state index in [2.05, 4.69) is 23.2 Å². The number of phenolic OH excluding ortho intramolecular Hbond substituents is 1. The predicted molar refractivity (Wildman–Crippen MR) is 176 cm³/mol. The second-order valence-corrected chi connectivity index (χ2v) is 10.1. The Morgan fingerprint density at radius 2 is 1.18 bits per heavy atom. The van der Waals surface area contributed by atoms with Gasteiger partial charge in [-0.05, 0) is 81.2 Å². The number of aromatic nitrogens is 1. The molecule has 0 saturated carbocycles. The molecule has 8 heteroatoms. The van der Waals surface area contributed by atoms with Crippen LogP contribution in [-0.2, 0) is 13.1 Å². The molecule has 0 aliphatic rings. The molecule has 44 heavy (non-hydrogen) atoms. The molecule has 0 fully saturated rings. The number of hydrogen-bond acceptors (Lipinski definition) is 7. The highest BCUT2D eigenvalue weighted by Crippen LogP contribution is 2.28. The van der Waals surface area contributed by atoms with Crippen molar-refractivity contribution >= 4 is 44.3 Å². The molecule has 8 N–H and O–H groups in total. The van der Waals surface area contributed by atoms with Crippen molar-refractivity contribution < 1.29 is 19.4 Å². The van der Waals surface area contributed by atoms with Crippen LogP contribution in [0.2, 0.25) is 0 Å². The molecule has 0 spiro atoms. The van der Waals surface area contributed by atoms with Crippen LogP contribution in [0.25, 0.3) is 44.1 Å². The van der Waals surface area contributed by atoms with Crippen molar-refractivity contribution in [2.75, 3.05) is 5.73 Å². The summed E-state index contributed by atoms with van der Waals surface area (Å²) in [5, 5.41) is 22.2. The van der Waals surface area contributed by atoms with Crippen LogP contribution in [0.5, 0.6) is 5.75 Å². The summed E-state index contributed by atoms with van der Waals surface area (Å²) in [5.41, 5.74) is 21.9. The van der Waals surface area contributed by atoms with E-state index in [1.807, 2.05) is 66.7 Å². The van der Waals surface area contributed by atoms with Gasteiger partial charge in [-0.2, -0.15) is 0 Å². The molecule has 0 atom stereocenters. The maximum absolute atomic E-state index is 10.4. The largest absolute Gasteiger partial charge is 0.506 e. The topological polar surface area (TPSA) is 162 Å². The summed E-state index contributed by atoms with van der Waals surface area (Å²) >= 11 is 0. The quantitative estimate of drug-likeness (QED) is 0.108. The van der Waals surface area contributed by atoms with Gasteiger partial charge in [-0.25, -0.2) is 9.78 Å². The van der Waals surface area contributed by atoms with Gasteiger partial charge < -0.3 is 31.8 Å². The summed E-state index contributed by atoms with van der Waals surface area (Å²) in [6.07, 6.45) is 0. The van der Waals surface area contributed by atoms with E-state index >= 15 is 0 Å². The lowest BCUT2D eigenvalue weighted by atomic mass is 10.1. The Kier molecular flexibility index (Phi) is 9.15. The molecular formula is C36H32N4O4. The highest BCUT2D eigenvalue weighted by Gasteiger charge is 2.09. The van der Waals surface area contributed by atoms with Crippen LogP contribution < -0.4 is 17.2 Å². The van der Waals surface area contributed by atoms with E-state index in [1.54, 1.807) is 36.4 Å². The van der Waals surface area contributed by atoms with E-state index in [0.717, 1.165) is 43.9 Å². The fraction of sp³-hybridized carbons (Fsp3) is 0.0556. The van der Waals surface area contributed by atoms with E-state index in [-0.39, 0.29) is 5.75 Å². The van der Waals surface area contributed by atoms with Crippen molar-refractivity contribution in [3.05, 3.63) is 138 Å². The zero-order chi connectivity index (χ0) is 31.1. The number of anilines is 1.